The van der Waals surface area contributed by atoms with Gasteiger partial charge in [-0.1, -0.05) is 57.9 Å². The molecule has 0 aromatic rings. The van der Waals surface area contributed by atoms with Crippen molar-refractivity contribution in [1.29, 1.82) is 0 Å². The molecule has 0 spiro atoms. The molecule has 6 nitrogen and oxygen atoms in total. The number of esters is 1. The van der Waals surface area contributed by atoms with Crippen molar-refractivity contribution in [2.45, 2.75) is 90.5 Å². The molecule has 158 valence electrons. The average molecular weight is 392 g/mol. The van der Waals surface area contributed by atoms with Crippen molar-refractivity contribution in [3.05, 3.63) is 23.9 Å². The van der Waals surface area contributed by atoms with Gasteiger partial charge < -0.3 is 10.1 Å². The second-order valence-electron chi connectivity index (χ2n) is 7.84. The number of carbonyl (C=O) groups excluding carboxylic acids is 2. The fourth-order valence-electron chi connectivity index (χ4n) is 3.07. The number of hydrogen-bond donors (Lipinski definition) is 1. The Morgan fingerprint density at radius 1 is 1.04 bits per heavy atom. The Hall–Kier alpha value is -1.98. The first-order valence-corrected chi connectivity index (χ1v) is 10.6. The minimum atomic E-state index is -0.823. The van der Waals surface area contributed by atoms with Crippen LogP contribution in [0.25, 0.3) is 0 Å². The van der Waals surface area contributed by atoms with Crippen molar-refractivity contribution in [2.24, 2.45) is 10.2 Å². The lowest BCUT2D eigenvalue weighted by molar-refractivity contribution is -0.139. The number of nitrogens with zero attached hydrogens (tertiary/aromatic N) is 2. The zero-order valence-corrected chi connectivity index (χ0v) is 17.9. The van der Waals surface area contributed by atoms with Crippen LogP contribution in [-0.4, -0.2) is 30.6 Å². The van der Waals surface area contributed by atoms with Crippen molar-refractivity contribution in [2.75, 3.05) is 13.2 Å². The number of azo groups is 1. The highest BCUT2D eigenvalue weighted by atomic mass is 16.5. The van der Waals surface area contributed by atoms with Gasteiger partial charge in [-0.3, -0.25) is 4.79 Å². The minimum Gasteiger partial charge on any atom is -0.462 e. The second kappa shape index (κ2) is 13.2. The van der Waals surface area contributed by atoms with E-state index in [1.807, 2.05) is 6.92 Å². The summed E-state index contributed by atoms with van der Waals surface area (Å²) in [7, 11) is 0. The lowest BCUT2D eigenvalue weighted by Gasteiger charge is -2.15. The van der Waals surface area contributed by atoms with Crippen LogP contribution in [0.4, 0.5) is 0 Å². The molecule has 0 radical (unpaired) electrons. The Labute approximate surface area is 169 Å². The van der Waals surface area contributed by atoms with E-state index in [9.17, 15) is 9.59 Å². The van der Waals surface area contributed by atoms with Crippen LogP contribution >= 0.6 is 0 Å². The summed E-state index contributed by atoms with van der Waals surface area (Å²) >= 11 is 0. The molecule has 1 rings (SSSR count). The molecule has 1 amide bonds. The first kappa shape index (κ1) is 24.1. The fraction of sp³-hybridized carbons (Fsp3) is 0.727. The molecule has 1 aliphatic heterocycles. The zero-order valence-electron chi connectivity index (χ0n) is 17.9. The summed E-state index contributed by atoms with van der Waals surface area (Å²) in [6.07, 6.45) is 13.4. The van der Waals surface area contributed by atoms with E-state index in [0.717, 1.165) is 31.4 Å². The predicted octanol–water partition coefficient (Wildman–Crippen LogP) is 5.25. The summed E-state index contributed by atoms with van der Waals surface area (Å²) in [4.78, 5) is 23.4. The van der Waals surface area contributed by atoms with Gasteiger partial charge in [0.05, 0.1) is 12.3 Å². The number of ether oxygens (including phenoxy) is 1. The van der Waals surface area contributed by atoms with Crippen molar-refractivity contribution < 1.29 is 14.3 Å². The highest BCUT2D eigenvalue weighted by molar-refractivity contribution is 5.88. The van der Waals surface area contributed by atoms with Crippen LogP contribution in [0.2, 0.25) is 0 Å². The van der Waals surface area contributed by atoms with Crippen molar-refractivity contribution in [3.63, 3.8) is 0 Å². The quantitative estimate of drug-likeness (QED) is 0.235. The van der Waals surface area contributed by atoms with E-state index in [2.05, 4.69) is 22.1 Å². The minimum absolute atomic E-state index is 0.0671. The summed E-state index contributed by atoms with van der Waals surface area (Å²) < 4.78 is 5.07. The summed E-state index contributed by atoms with van der Waals surface area (Å²) in [5.41, 5.74) is 0.434. The van der Waals surface area contributed by atoms with Gasteiger partial charge in [-0.05, 0) is 39.7 Å². The first-order chi connectivity index (χ1) is 13.3. The molecule has 0 saturated heterocycles. The average Bonchev–Trinajstić information content (AvgIpc) is 3.01. The van der Waals surface area contributed by atoms with Crippen LogP contribution in [0.3, 0.4) is 0 Å². The predicted molar refractivity (Wildman–Crippen MR) is 112 cm³/mol. The monoisotopic (exact) mass is 391 g/mol. The van der Waals surface area contributed by atoms with Crippen LogP contribution in [0.15, 0.2) is 34.2 Å². The molecular formula is C22H37N3O3. The van der Waals surface area contributed by atoms with Crippen LogP contribution in [-0.2, 0) is 14.3 Å². The topological polar surface area (TPSA) is 80.1 Å². The largest absolute Gasteiger partial charge is 0.462 e. The molecule has 6 heteroatoms. The maximum atomic E-state index is 12.1. The van der Waals surface area contributed by atoms with E-state index in [-0.39, 0.29) is 11.9 Å². The number of rotatable bonds is 15. The van der Waals surface area contributed by atoms with Gasteiger partial charge in [0.15, 0.2) is 5.54 Å². The highest BCUT2D eigenvalue weighted by Crippen LogP contribution is 2.23. The number of hydrogen-bond acceptors (Lipinski definition) is 5. The number of allylic oxidation sites excluding steroid dienone is 1. The Kier molecular flexibility index (Phi) is 11.4. The molecule has 0 bridgehead atoms. The molecule has 1 unspecified atom stereocenters. The van der Waals surface area contributed by atoms with Gasteiger partial charge in [-0.2, -0.15) is 10.2 Å². The third-order valence-corrected chi connectivity index (χ3v) is 4.80. The van der Waals surface area contributed by atoms with Gasteiger partial charge in [-0.15, -0.1) is 0 Å². The van der Waals surface area contributed by atoms with Crippen molar-refractivity contribution >= 4 is 11.9 Å². The molecule has 0 fully saturated rings. The molecule has 1 N–H and O–H groups in total. The summed E-state index contributed by atoms with van der Waals surface area (Å²) in [6.45, 7) is 10.1. The Morgan fingerprint density at radius 3 is 2.07 bits per heavy atom. The maximum absolute atomic E-state index is 12.1. The Morgan fingerprint density at radius 2 is 1.57 bits per heavy atom. The molecule has 28 heavy (non-hydrogen) atoms. The highest BCUT2D eigenvalue weighted by Gasteiger charge is 2.33. The van der Waals surface area contributed by atoms with E-state index < -0.39 is 5.54 Å². The second-order valence-corrected chi connectivity index (χ2v) is 7.84. The SMILES string of the molecule is C=C(C)C(=O)OCCCCCCCCCCCCNC(=O)C1(C)C=C(C)N=N1. The Bertz CT molecular complexity index is 584. The van der Waals surface area contributed by atoms with E-state index in [4.69, 9.17) is 4.74 Å². The summed E-state index contributed by atoms with van der Waals surface area (Å²) in [6, 6.07) is 0. The molecule has 1 heterocycles. The molecule has 1 atom stereocenters. The summed E-state index contributed by atoms with van der Waals surface area (Å²) in [5.74, 6) is -0.354. The maximum Gasteiger partial charge on any atom is 0.333 e. The number of unbranched alkanes of at least 4 members (excludes halogenated alkanes) is 9. The smallest absolute Gasteiger partial charge is 0.333 e. The zero-order chi connectivity index (χ0) is 20.8. The number of nitrogens with one attached hydrogen (secondary N) is 1. The van der Waals surface area contributed by atoms with Gasteiger partial charge in [0, 0.05) is 12.1 Å². The lowest BCUT2D eigenvalue weighted by atomic mass is 10.0. The third kappa shape index (κ3) is 9.81. The Balaban J connectivity index is 1.85. The van der Waals surface area contributed by atoms with Gasteiger partial charge in [0.25, 0.3) is 5.91 Å². The van der Waals surface area contributed by atoms with E-state index in [1.165, 1.54) is 38.5 Å². The normalized spacial score (nSPS) is 18.0. The van der Waals surface area contributed by atoms with E-state index in [0.29, 0.717) is 18.7 Å². The molecule has 0 aromatic carbocycles. The number of carbonyl (C=O) groups is 2. The number of amides is 1. The van der Waals surface area contributed by atoms with Gasteiger partial charge in [0.2, 0.25) is 0 Å². The molecule has 0 aliphatic carbocycles. The standard InChI is InChI=1S/C22H37N3O3/c1-18(2)20(26)28-16-14-12-10-8-6-5-7-9-11-13-15-23-21(27)22(4)17-19(3)24-25-22/h17H,1,5-16H2,2-4H3,(H,23,27). The van der Waals surface area contributed by atoms with Crippen molar-refractivity contribution in [3.8, 4) is 0 Å². The summed E-state index contributed by atoms with van der Waals surface area (Å²) in [5, 5.41) is 10.9. The first-order valence-electron chi connectivity index (χ1n) is 10.6. The lowest BCUT2D eigenvalue weighted by Crippen LogP contribution is -2.41. The third-order valence-electron chi connectivity index (χ3n) is 4.80. The van der Waals surface area contributed by atoms with Crippen LogP contribution in [0.1, 0.15) is 85.0 Å². The van der Waals surface area contributed by atoms with Gasteiger partial charge in [0.1, 0.15) is 0 Å². The molecule has 0 aromatic heterocycles. The van der Waals surface area contributed by atoms with Crippen molar-refractivity contribution in [1.82, 2.24) is 5.32 Å². The van der Waals surface area contributed by atoms with Crippen LogP contribution in [0.5, 0.6) is 0 Å². The molecule has 1 aliphatic rings. The van der Waals surface area contributed by atoms with Crippen LogP contribution in [0, 0.1) is 0 Å². The van der Waals surface area contributed by atoms with E-state index >= 15 is 0 Å². The molecular weight excluding hydrogens is 354 g/mol. The van der Waals surface area contributed by atoms with Gasteiger partial charge >= 0.3 is 5.97 Å². The van der Waals surface area contributed by atoms with E-state index in [1.54, 1.807) is 19.9 Å². The van der Waals surface area contributed by atoms with Gasteiger partial charge in [-0.25, -0.2) is 4.79 Å². The fourth-order valence-corrected chi connectivity index (χ4v) is 3.07. The van der Waals surface area contributed by atoms with Crippen LogP contribution < -0.4 is 5.32 Å². The molecule has 0 saturated carbocycles.